The molecule has 34 nitrogen and oxygen atoms in total. The van der Waals surface area contributed by atoms with Crippen LogP contribution in [0, 0.1) is 23.7 Å². The van der Waals surface area contributed by atoms with Crippen LogP contribution in [0.4, 0.5) is 19.2 Å². The van der Waals surface area contributed by atoms with E-state index >= 15 is 0 Å². The quantitative estimate of drug-likeness (QED) is 0.0165. The van der Waals surface area contributed by atoms with Crippen molar-refractivity contribution in [2.45, 2.75) is 370 Å². The molecule has 42 heteroatoms. The number of hydrogen-bond donors (Lipinski definition) is 8. The van der Waals surface area contributed by atoms with Crippen molar-refractivity contribution in [3.8, 4) is 64.8 Å². The Morgan fingerprint density at radius 3 is 0.767 bits per heavy atom. The largest absolute Gasteiger partial charge is 0.494 e. The summed E-state index contributed by atoms with van der Waals surface area (Å²) >= 11 is 6.14. The maximum atomic E-state index is 13.5. The lowest BCUT2D eigenvalue weighted by Gasteiger charge is -2.30. The van der Waals surface area contributed by atoms with Gasteiger partial charge in [-0.2, -0.15) is 0 Å². The van der Waals surface area contributed by atoms with E-state index in [9.17, 15) is 52.8 Å². The molecule has 4 aliphatic carbocycles. The lowest BCUT2D eigenvalue weighted by molar-refractivity contribution is -0.0985. The second-order valence-electron chi connectivity index (χ2n) is 43.5. The standard InChI is InChI=1S/C28H41N3O6S2.C28H43N3O5S2.C26H37N3O6S2.C26H39N3O5S2/c1-18(2)12-13-36-21-10-11-23(25(14-21)39(33,34)31-28(3,4)5)24-15-29-26(38-24)19-6-8-20(9-7-19)30-27(32)37-22-16-35-17-22;1-18(2)14-15-35-22-12-13-23(25(16-22)38(33,34)31-28(5,6)7)24-17-29-26(37-24)20-8-10-21(11-9-20)30-27(32)36-19(3)4;1-4-28-37(31,32)24-13-20(34-12-11-17(2)3)9-10-22(24)23-14-27-25(36-23)18-5-7-19(8-6-18)29-26(30)35-21-15-33-16-21;1-6-28-36(31,32)24-15-21(33-14-13-17(2)3)11-12-22(24)23-16-27-25(35-23)19-7-9-20(10-8-19)29-26(30)34-18(4)5/h10-11,14-15,18-20,22,31H,6-9,12-13,16-17H2,1-5H3,(H,30,32);12-13,16-21,31H,8-11,14-15H2,1-7H3,(H,30,32);9-10,13-14,17-19,21,28H,4-8,11-12,15-16H2,1-3H3,(H,29,30);11-12,15-20,28H,6-10,13-14H2,1-5H3,(H,29,30). The van der Waals surface area contributed by atoms with Gasteiger partial charge in [0.25, 0.3) is 0 Å². The molecule has 8 N–H and O–H groups in total. The number of aromatic nitrogens is 4. The van der Waals surface area contributed by atoms with Gasteiger partial charge < -0.3 is 68.6 Å². The number of carbonyl (C=O) groups excluding carboxylic acids is 4. The van der Waals surface area contributed by atoms with Gasteiger partial charge in [-0.15, -0.1) is 45.3 Å². The molecule has 6 aliphatic rings. The Labute approximate surface area is 905 Å². The summed E-state index contributed by atoms with van der Waals surface area (Å²) in [7, 11) is -15.0. The summed E-state index contributed by atoms with van der Waals surface area (Å²) in [6.07, 6.45) is 22.6. The molecule has 0 unspecified atom stereocenters. The lowest BCUT2D eigenvalue weighted by Crippen LogP contribution is -2.44. The molecule has 4 aromatic heterocycles. The molecular formula is C108H160N12O22S8. The molecule has 4 amide bonds. The van der Waals surface area contributed by atoms with Crippen molar-refractivity contribution in [1.82, 2.24) is 60.1 Å². The summed E-state index contributed by atoms with van der Waals surface area (Å²) in [5.41, 5.74) is 1.23. The van der Waals surface area contributed by atoms with Gasteiger partial charge in [-0.3, -0.25) is 0 Å². The number of amides is 4. The Morgan fingerprint density at radius 2 is 0.567 bits per heavy atom. The highest BCUT2D eigenvalue weighted by atomic mass is 32.2. The Morgan fingerprint density at radius 1 is 0.340 bits per heavy atom. The maximum Gasteiger partial charge on any atom is 0.407 e. The molecule has 4 saturated carbocycles. The van der Waals surface area contributed by atoms with Crippen molar-refractivity contribution in [3.05, 3.63) is 118 Å². The summed E-state index contributed by atoms with van der Waals surface area (Å²) in [5.74, 6) is 5.26. The van der Waals surface area contributed by atoms with Crippen LogP contribution in [0.5, 0.6) is 23.0 Å². The van der Waals surface area contributed by atoms with Crippen LogP contribution in [0.1, 0.15) is 311 Å². The van der Waals surface area contributed by atoms with Gasteiger partial charge in [0, 0.05) is 143 Å². The first-order valence-electron chi connectivity index (χ1n) is 53.0. The van der Waals surface area contributed by atoms with Crippen LogP contribution < -0.4 is 59.1 Å². The fourth-order valence-corrected chi connectivity index (χ4v) is 28.2. The third-order valence-electron chi connectivity index (χ3n) is 25.6. The monoisotopic (exact) mass is 2230 g/mol. The van der Waals surface area contributed by atoms with Gasteiger partial charge >= 0.3 is 24.4 Å². The summed E-state index contributed by atoms with van der Waals surface area (Å²) in [6, 6.07) is 21.4. The fraction of sp³-hybridized carbons (Fsp3) is 0.630. The number of sulfonamides is 4. The number of nitrogens with zero attached hydrogens (tertiary/aromatic N) is 4. The van der Waals surface area contributed by atoms with Gasteiger partial charge in [-0.1, -0.05) is 69.2 Å². The Bertz CT molecular complexity index is 6130. The van der Waals surface area contributed by atoms with Gasteiger partial charge in [0.1, 0.15) is 23.0 Å². The SMILES string of the molecule is CC(C)CCOc1ccc(-c2cnc(C3CCC(NC(=O)OC(C)C)CC3)s2)c(S(=O)(=O)NC(C)(C)C)c1.CC(C)CCOc1ccc(-c2cnc(C3CCC(NC(=O)OC4COC4)CC3)s2)c(S(=O)(=O)NC(C)(C)C)c1.CCNS(=O)(=O)c1cc(OCCC(C)C)ccc1-c1cnc(C2CCC(NC(=O)OC(C)C)CC2)s1.CCNS(=O)(=O)c1cc(OCCC(C)C)ccc1-c1cnc(C2CCC(NC(=O)OC3COC3)CC2)s1. The lowest BCUT2D eigenvalue weighted by atomic mass is 9.86. The van der Waals surface area contributed by atoms with Crippen LogP contribution in [-0.2, 0) is 68.5 Å². The zero-order valence-corrected chi connectivity index (χ0v) is 97.3. The van der Waals surface area contributed by atoms with Crippen molar-refractivity contribution in [1.29, 1.82) is 0 Å². The molecule has 0 radical (unpaired) electrons. The predicted molar refractivity (Wildman–Crippen MR) is 590 cm³/mol. The van der Waals surface area contributed by atoms with Crippen molar-refractivity contribution in [3.63, 3.8) is 0 Å². The minimum atomic E-state index is -3.81. The first-order chi connectivity index (χ1) is 71.0. The summed E-state index contributed by atoms with van der Waals surface area (Å²) in [6.45, 7) is 43.4. The van der Waals surface area contributed by atoms with E-state index in [-0.39, 0.29) is 116 Å². The van der Waals surface area contributed by atoms with E-state index in [1.54, 1.807) is 62.9 Å². The van der Waals surface area contributed by atoms with E-state index in [2.05, 4.69) is 106 Å². The summed E-state index contributed by atoms with van der Waals surface area (Å²) in [5, 5.41) is 15.8. The average molecular weight is 2240 g/mol. The minimum Gasteiger partial charge on any atom is -0.494 e. The second-order valence-corrected chi connectivity index (χ2v) is 54.6. The van der Waals surface area contributed by atoms with Gasteiger partial charge in [0.15, 0.2) is 12.2 Å². The smallest absolute Gasteiger partial charge is 0.407 e. The van der Waals surface area contributed by atoms with E-state index in [0.29, 0.717) is 135 Å². The fourth-order valence-electron chi connectivity index (χ4n) is 17.6. The third kappa shape index (κ3) is 38.4. The van der Waals surface area contributed by atoms with Gasteiger partial charge in [-0.25, -0.2) is 91.7 Å². The van der Waals surface area contributed by atoms with Crippen molar-refractivity contribution < 1.29 is 100 Å². The molecule has 2 saturated heterocycles. The highest BCUT2D eigenvalue weighted by Gasteiger charge is 2.37. The van der Waals surface area contributed by atoms with Crippen LogP contribution in [0.15, 0.2) is 117 Å². The molecule has 14 rings (SSSR count). The molecule has 0 atom stereocenters. The number of nitrogens with one attached hydrogen (secondary N) is 8. The molecular weight excluding hydrogens is 2070 g/mol. The van der Waals surface area contributed by atoms with Crippen LogP contribution in [-0.4, -0.2) is 204 Å². The number of thiazole rings is 4. The van der Waals surface area contributed by atoms with Gasteiger partial charge in [0.05, 0.1) is 124 Å². The van der Waals surface area contributed by atoms with Crippen molar-refractivity contribution >= 4 is 110 Å². The normalized spacial score (nSPS) is 19.5. The molecule has 6 heterocycles. The topological polar surface area (TPSA) is 445 Å². The molecule has 2 aliphatic heterocycles. The van der Waals surface area contributed by atoms with E-state index in [0.717, 1.165) is 168 Å². The maximum absolute atomic E-state index is 13.5. The van der Waals surface area contributed by atoms with Gasteiger partial charge in [-0.05, 0) is 270 Å². The average Bonchev–Trinajstić information content (AvgIpc) is 1.46. The van der Waals surface area contributed by atoms with Crippen LogP contribution in [0.3, 0.4) is 0 Å². The molecule has 6 fully saturated rings. The Balaban J connectivity index is 0.000000190. The zero-order valence-electron chi connectivity index (χ0n) is 90.7. The molecule has 0 bridgehead atoms. The zero-order chi connectivity index (χ0) is 109. The molecule has 8 aromatic rings. The van der Waals surface area contributed by atoms with Crippen molar-refractivity contribution in [2.75, 3.05) is 65.9 Å². The highest BCUT2D eigenvalue weighted by molar-refractivity contribution is 7.90. The molecule has 832 valence electrons. The Kier molecular flexibility index (Phi) is 45.8. The van der Waals surface area contributed by atoms with Gasteiger partial charge in [0.2, 0.25) is 40.1 Å². The third-order valence-corrected chi connectivity index (χ3v) is 37.1. The number of benzene rings is 4. The molecule has 4 aromatic carbocycles. The van der Waals surface area contributed by atoms with Crippen LogP contribution in [0.25, 0.3) is 41.8 Å². The number of rotatable bonds is 42. The van der Waals surface area contributed by atoms with E-state index < -0.39 is 51.2 Å². The number of hydrogen-bond acceptors (Lipinski definition) is 30. The first kappa shape index (κ1) is 121. The predicted octanol–water partition coefficient (Wildman–Crippen LogP) is 22.3. The van der Waals surface area contributed by atoms with Crippen LogP contribution >= 0.6 is 45.3 Å². The first-order valence-corrected chi connectivity index (χ1v) is 62.2. The highest BCUT2D eigenvalue weighted by Crippen LogP contribution is 2.47. The Hall–Kier alpha value is -8.76. The van der Waals surface area contributed by atoms with E-state index in [1.807, 2.05) is 118 Å². The molecule has 150 heavy (non-hydrogen) atoms. The van der Waals surface area contributed by atoms with Crippen molar-refractivity contribution in [2.24, 2.45) is 23.7 Å². The minimum absolute atomic E-state index is 0.0811. The second kappa shape index (κ2) is 56.6. The van der Waals surface area contributed by atoms with E-state index in [1.165, 1.54) is 45.3 Å². The summed E-state index contributed by atoms with van der Waals surface area (Å²) < 4.78 is 171. The van der Waals surface area contributed by atoms with E-state index in [4.69, 9.17) is 57.3 Å². The number of alkyl carbamates (subject to hydrolysis) is 4. The number of carbonyl (C=O) groups is 4. The molecule has 0 spiro atoms. The van der Waals surface area contributed by atoms with Crippen LogP contribution in [0.2, 0.25) is 0 Å². The summed E-state index contributed by atoms with van der Waals surface area (Å²) in [4.78, 5) is 70.7. The number of ether oxygens (including phenoxy) is 10.